The molecule has 4 rings (SSSR count). The summed E-state index contributed by atoms with van der Waals surface area (Å²) in [6.07, 6.45) is -1.52. The van der Waals surface area contributed by atoms with E-state index in [1.54, 1.807) is 0 Å². The molecule has 0 aliphatic carbocycles. The number of hydrogen-bond acceptors (Lipinski definition) is 6. The molecule has 3 heterocycles. The third-order valence-corrected chi connectivity index (χ3v) is 4.71. The van der Waals surface area contributed by atoms with Crippen molar-refractivity contribution in [3.8, 4) is 0 Å². The van der Waals surface area contributed by atoms with Gasteiger partial charge in [0.2, 0.25) is 0 Å². The maximum Gasteiger partial charge on any atom is 0.190 e. The van der Waals surface area contributed by atoms with Gasteiger partial charge in [0.25, 0.3) is 0 Å². The highest BCUT2D eigenvalue weighted by Gasteiger charge is 2.58. The van der Waals surface area contributed by atoms with Crippen LogP contribution < -0.4 is 0 Å². The Morgan fingerprint density at radius 2 is 1.72 bits per heavy atom. The predicted molar refractivity (Wildman–Crippen MR) is 88.6 cm³/mol. The first-order valence-electron chi connectivity index (χ1n) is 8.81. The van der Waals surface area contributed by atoms with Gasteiger partial charge in [-0.25, -0.2) is 0 Å². The summed E-state index contributed by atoms with van der Waals surface area (Å²) in [6.45, 7) is 8.52. The topological polar surface area (TPSA) is 55.4 Å². The van der Waals surface area contributed by atoms with Crippen LogP contribution in [0.25, 0.3) is 0 Å². The van der Waals surface area contributed by atoms with Gasteiger partial charge >= 0.3 is 0 Å². The van der Waals surface area contributed by atoms with Crippen LogP contribution in [0.4, 0.5) is 0 Å². The molecule has 1 aromatic rings. The minimum absolute atomic E-state index is 0.211. The number of fused-ring (bicyclic) bond motifs is 1. The molecule has 0 radical (unpaired) electrons. The molecule has 1 aromatic carbocycles. The minimum Gasteiger partial charge on any atom is -0.368 e. The van der Waals surface area contributed by atoms with E-state index in [2.05, 4.69) is 0 Å². The molecular formula is C19H26O6. The number of rotatable bonds is 4. The van der Waals surface area contributed by atoms with Crippen LogP contribution in [0.15, 0.2) is 30.3 Å². The van der Waals surface area contributed by atoms with Crippen LogP contribution in [0.1, 0.15) is 33.3 Å². The fraction of sp³-hybridized carbons (Fsp3) is 0.684. The average Bonchev–Trinajstić information content (AvgIpc) is 3.15. The van der Waals surface area contributed by atoms with Crippen molar-refractivity contribution in [1.29, 1.82) is 0 Å². The lowest BCUT2D eigenvalue weighted by Crippen LogP contribution is -2.44. The molecule has 138 valence electrons. The van der Waals surface area contributed by atoms with Gasteiger partial charge < -0.3 is 28.4 Å². The summed E-state index contributed by atoms with van der Waals surface area (Å²) in [5.74, 6) is -1.29. The summed E-state index contributed by atoms with van der Waals surface area (Å²) in [7, 11) is 0. The second-order valence-electron chi connectivity index (χ2n) is 7.70. The molecule has 3 aliphatic heterocycles. The number of ether oxygens (including phenoxy) is 6. The Labute approximate surface area is 148 Å². The highest BCUT2D eigenvalue weighted by Crippen LogP contribution is 2.42. The molecule has 6 heteroatoms. The summed E-state index contributed by atoms with van der Waals surface area (Å²) >= 11 is 0. The first-order valence-corrected chi connectivity index (χ1v) is 8.81. The fourth-order valence-electron chi connectivity index (χ4n) is 3.64. The predicted octanol–water partition coefficient (Wildman–Crippen LogP) is 2.60. The van der Waals surface area contributed by atoms with E-state index < -0.39 is 17.9 Å². The summed E-state index contributed by atoms with van der Waals surface area (Å²) in [6, 6.07) is 10.1. The summed E-state index contributed by atoms with van der Waals surface area (Å²) in [4.78, 5) is 0. The molecule has 5 atom stereocenters. The first kappa shape index (κ1) is 17.4. The Bertz CT molecular complexity index is 601. The van der Waals surface area contributed by atoms with Crippen LogP contribution in [-0.2, 0) is 35.0 Å². The van der Waals surface area contributed by atoms with Gasteiger partial charge in [-0.1, -0.05) is 30.3 Å². The van der Waals surface area contributed by atoms with Crippen molar-refractivity contribution in [2.24, 2.45) is 0 Å². The SMILES string of the molecule is CC1(C)OCC([C@@H]2O[C@H]3OC(C)(C)O[C@H]3C2OCc2ccccc2)O1. The summed E-state index contributed by atoms with van der Waals surface area (Å²) in [5, 5.41) is 0. The van der Waals surface area contributed by atoms with Crippen LogP contribution in [-0.4, -0.2) is 48.9 Å². The molecule has 3 fully saturated rings. The van der Waals surface area contributed by atoms with Crippen molar-refractivity contribution in [3.05, 3.63) is 35.9 Å². The smallest absolute Gasteiger partial charge is 0.190 e. The van der Waals surface area contributed by atoms with E-state index in [-0.39, 0.29) is 24.4 Å². The van der Waals surface area contributed by atoms with Crippen molar-refractivity contribution in [3.63, 3.8) is 0 Å². The normalized spacial score (nSPS) is 38.8. The van der Waals surface area contributed by atoms with E-state index in [0.29, 0.717) is 13.2 Å². The number of hydrogen-bond donors (Lipinski definition) is 0. The largest absolute Gasteiger partial charge is 0.368 e. The van der Waals surface area contributed by atoms with E-state index in [9.17, 15) is 0 Å². The Kier molecular flexibility index (Phi) is 4.38. The van der Waals surface area contributed by atoms with Crippen molar-refractivity contribution >= 4 is 0 Å². The Hall–Kier alpha value is -1.02. The lowest BCUT2D eigenvalue weighted by atomic mass is 10.1. The molecule has 0 amide bonds. The summed E-state index contributed by atoms with van der Waals surface area (Å²) < 4.78 is 36.0. The molecule has 0 N–H and O–H groups in total. The molecule has 6 nitrogen and oxygen atoms in total. The van der Waals surface area contributed by atoms with Gasteiger partial charge in [-0.3, -0.25) is 0 Å². The third-order valence-electron chi connectivity index (χ3n) is 4.71. The lowest BCUT2D eigenvalue weighted by molar-refractivity contribution is -0.236. The van der Waals surface area contributed by atoms with Crippen LogP contribution in [0.3, 0.4) is 0 Å². The molecule has 0 aromatic heterocycles. The number of benzene rings is 1. The van der Waals surface area contributed by atoms with E-state index >= 15 is 0 Å². The second-order valence-corrected chi connectivity index (χ2v) is 7.70. The van der Waals surface area contributed by atoms with Gasteiger partial charge in [-0.2, -0.15) is 0 Å². The zero-order chi connectivity index (χ0) is 17.7. The van der Waals surface area contributed by atoms with Crippen LogP contribution in [0.2, 0.25) is 0 Å². The summed E-state index contributed by atoms with van der Waals surface area (Å²) in [5.41, 5.74) is 1.10. The molecule has 3 aliphatic rings. The standard InChI is InChI=1S/C19H26O6/c1-18(2)21-11-13(23-18)14-15(20-10-12-8-6-5-7-9-12)16-17(22-14)25-19(3,4)24-16/h5-9,13-17H,10-11H2,1-4H3/t13?,14-,15?,16-,17-/m0/s1. The lowest BCUT2D eigenvalue weighted by Gasteiger charge is -2.29. The van der Waals surface area contributed by atoms with E-state index in [1.807, 2.05) is 58.0 Å². The zero-order valence-corrected chi connectivity index (χ0v) is 15.1. The third kappa shape index (κ3) is 3.60. The van der Waals surface area contributed by atoms with Crippen molar-refractivity contribution in [1.82, 2.24) is 0 Å². The maximum absolute atomic E-state index is 6.22. The highest BCUT2D eigenvalue weighted by atomic mass is 16.8. The van der Waals surface area contributed by atoms with Gasteiger partial charge in [0.1, 0.15) is 24.4 Å². The average molecular weight is 350 g/mol. The molecular weight excluding hydrogens is 324 g/mol. The Balaban J connectivity index is 1.50. The van der Waals surface area contributed by atoms with Crippen molar-refractivity contribution in [2.45, 2.75) is 76.6 Å². The highest BCUT2D eigenvalue weighted by molar-refractivity contribution is 5.13. The van der Waals surface area contributed by atoms with Gasteiger partial charge in [-0.05, 0) is 33.3 Å². The monoisotopic (exact) mass is 350 g/mol. The minimum atomic E-state index is -0.680. The Morgan fingerprint density at radius 1 is 0.960 bits per heavy atom. The van der Waals surface area contributed by atoms with Crippen LogP contribution >= 0.6 is 0 Å². The molecule has 2 unspecified atom stereocenters. The van der Waals surface area contributed by atoms with Crippen molar-refractivity contribution < 1.29 is 28.4 Å². The second kappa shape index (κ2) is 6.30. The van der Waals surface area contributed by atoms with Crippen molar-refractivity contribution in [2.75, 3.05) is 6.61 Å². The first-order chi connectivity index (χ1) is 11.8. The van der Waals surface area contributed by atoms with E-state index in [1.165, 1.54) is 0 Å². The zero-order valence-electron chi connectivity index (χ0n) is 15.1. The molecule has 25 heavy (non-hydrogen) atoms. The van der Waals surface area contributed by atoms with Crippen LogP contribution in [0, 0.1) is 0 Å². The molecule has 3 saturated heterocycles. The van der Waals surface area contributed by atoms with Crippen LogP contribution in [0.5, 0.6) is 0 Å². The fourth-order valence-corrected chi connectivity index (χ4v) is 3.64. The van der Waals surface area contributed by atoms with E-state index in [4.69, 9.17) is 28.4 Å². The molecule has 0 bridgehead atoms. The van der Waals surface area contributed by atoms with Gasteiger partial charge in [0.15, 0.2) is 17.9 Å². The molecule has 0 spiro atoms. The van der Waals surface area contributed by atoms with Gasteiger partial charge in [-0.15, -0.1) is 0 Å². The quantitative estimate of drug-likeness (QED) is 0.832. The molecule has 0 saturated carbocycles. The van der Waals surface area contributed by atoms with Gasteiger partial charge in [0.05, 0.1) is 13.2 Å². The maximum atomic E-state index is 6.22. The van der Waals surface area contributed by atoms with Gasteiger partial charge in [0, 0.05) is 0 Å². The Morgan fingerprint density at radius 3 is 2.40 bits per heavy atom. The van der Waals surface area contributed by atoms with E-state index in [0.717, 1.165) is 5.56 Å².